The number of amides is 1. The minimum absolute atomic E-state index is 0.0620. The molecule has 116 valence electrons. The smallest absolute Gasteiger partial charge is 0.328 e. The number of rotatable bonds is 3. The monoisotopic (exact) mass is 325 g/mol. The predicted octanol–water partition coefficient (Wildman–Crippen LogP) is 1.14. The number of hydrogen-bond donors (Lipinski definition) is 1. The van der Waals surface area contributed by atoms with Gasteiger partial charge in [-0.05, 0) is 18.2 Å². The number of aromatic nitrogens is 2. The molecule has 0 saturated carbocycles. The third kappa shape index (κ3) is 3.25. The molecular formula is C14H13ClFN3O3. The standard InChI is InChI=1S/C14H13ClFN3O3/c1-18(6-8-5-9(15)3-4-11(8)16)13(21)10-7-19(2)14(22)17-12(10)20/h3-5,7H,6H2,1-2H3,(H,17,20,22). The van der Waals surface area contributed by atoms with Crippen LogP contribution in [0.5, 0.6) is 0 Å². The van der Waals surface area contributed by atoms with Crippen LogP contribution in [0.1, 0.15) is 15.9 Å². The van der Waals surface area contributed by atoms with Crippen LogP contribution < -0.4 is 11.2 Å². The summed E-state index contributed by atoms with van der Waals surface area (Å²) in [6, 6.07) is 4.01. The van der Waals surface area contributed by atoms with Gasteiger partial charge in [-0.15, -0.1) is 0 Å². The summed E-state index contributed by atoms with van der Waals surface area (Å²) in [5, 5.41) is 0.345. The maximum atomic E-state index is 13.7. The molecule has 0 aliphatic rings. The van der Waals surface area contributed by atoms with Crippen molar-refractivity contribution >= 4 is 17.5 Å². The van der Waals surface area contributed by atoms with E-state index in [1.54, 1.807) is 0 Å². The fraction of sp³-hybridized carbons (Fsp3) is 0.214. The van der Waals surface area contributed by atoms with Crippen molar-refractivity contribution in [2.24, 2.45) is 7.05 Å². The van der Waals surface area contributed by atoms with Crippen LogP contribution in [0.4, 0.5) is 4.39 Å². The summed E-state index contributed by atoms with van der Waals surface area (Å²) in [7, 11) is 2.83. The highest BCUT2D eigenvalue weighted by Gasteiger charge is 2.18. The lowest BCUT2D eigenvalue weighted by Crippen LogP contribution is -2.36. The number of hydrogen-bond acceptors (Lipinski definition) is 3. The number of aryl methyl sites for hydroxylation is 1. The molecule has 0 spiro atoms. The zero-order chi connectivity index (χ0) is 16.4. The lowest BCUT2D eigenvalue weighted by Gasteiger charge is -2.17. The molecule has 6 nitrogen and oxygen atoms in total. The van der Waals surface area contributed by atoms with E-state index in [4.69, 9.17) is 11.6 Å². The fourth-order valence-corrected chi connectivity index (χ4v) is 2.11. The minimum atomic E-state index is -0.786. The zero-order valence-corrected chi connectivity index (χ0v) is 12.6. The van der Waals surface area contributed by atoms with Crippen molar-refractivity contribution in [3.05, 3.63) is 67.2 Å². The minimum Gasteiger partial charge on any atom is -0.337 e. The van der Waals surface area contributed by atoms with Crippen molar-refractivity contribution in [2.45, 2.75) is 6.54 Å². The van der Waals surface area contributed by atoms with Crippen LogP contribution in [0, 0.1) is 5.82 Å². The Morgan fingerprint density at radius 2 is 2.09 bits per heavy atom. The molecule has 0 atom stereocenters. The normalized spacial score (nSPS) is 10.5. The van der Waals surface area contributed by atoms with Crippen molar-refractivity contribution in [1.82, 2.24) is 14.5 Å². The van der Waals surface area contributed by atoms with Gasteiger partial charge in [-0.25, -0.2) is 9.18 Å². The molecule has 2 aromatic rings. The lowest BCUT2D eigenvalue weighted by atomic mass is 10.2. The average Bonchev–Trinajstić information content (AvgIpc) is 2.46. The first-order chi connectivity index (χ1) is 10.3. The van der Waals surface area contributed by atoms with Gasteiger partial charge >= 0.3 is 5.69 Å². The first kappa shape index (κ1) is 16.0. The molecule has 0 radical (unpaired) electrons. The number of nitrogens with one attached hydrogen (secondary N) is 1. The number of halogens is 2. The van der Waals surface area contributed by atoms with Gasteiger partial charge in [0.1, 0.15) is 11.4 Å². The van der Waals surface area contributed by atoms with Crippen LogP contribution in [0.2, 0.25) is 5.02 Å². The molecule has 0 saturated heterocycles. The number of carbonyl (C=O) groups is 1. The predicted molar refractivity (Wildman–Crippen MR) is 79.5 cm³/mol. The van der Waals surface area contributed by atoms with Crippen molar-refractivity contribution in [3.8, 4) is 0 Å². The topological polar surface area (TPSA) is 75.2 Å². The van der Waals surface area contributed by atoms with Gasteiger partial charge in [0, 0.05) is 37.4 Å². The first-order valence-corrected chi connectivity index (χ1v) is 6.66. The summed E-state index contributed by atoms with van der Waals surface area (Å²) in [6.45, 7) is -0.0620. The van der Waals surface area contributed by atoms with Crippen molar-refractivity contribution in [2.75, 3.05) is 7.05 Å². The van der Waals surface area contributed by atoms with Crippen molar-refractivity contribution in [1.29, 1.82) is 0 Å². The van der Waals surface area contributed by atoms with E-state index in [-0.39, 0.29) is 17.7 Å². The molecule has 1 N–H and O–H groups in total. The quantitative estimate of drug-likeness (QED) is 0.919. The molecule has 22 heavy (non-hydrogen) atoms. The van der Waals surface area contributed by atoms with E-state index in [0.29, 0.717) is 5.02 Å². The lowest BCUT2D eigenvalue weighted by molar-refractivity contribution is 0.0781. The van der Waals surface area contributed by atoms with Crippen LogP contribution in [0.3, 0.4) is 0 Å². The maximum absolute atomic E-state index is 13.7. The van der Waals surface area contributed by atoms with Crippen molar-refractivity contribution < 1.29 is 9.18 Å². The van der Waals surface area contributed by atoms with Crippen LogP contribution in [-0.4, -0.2) is 27.4 Å². The van der Waals surface area contributed by atoms with E-state index < -0.39 is 23.0 Å². The number of carbonyl (C=O) groups excluding carboxylic acids is 1. The molecule has 1 heterocycles. The molecule has 0 aliphatic carbocycles. The van der Waals surface area contributed by atoms with Gasteiger partial charge in [0.15, 0.2) is 0 Å². The molecule has 0 unspecified atom stereocenters. The Morgan fingerprint density at radius 1 is 1.41 bits per heavy atom. The maximum Gasteiger partial charge on any atom is 0.328 e. The first-order valence-electron chi connectivity index (χ1n) is 6.29. The number of aromatic amines is 1. The van der Waals surface area contributed by atoms with Gasteiger partial charge in [0.2, 0.25) is 0 Å². The molecule has 8 heteroatoms. The number of benzene rings is 1. The highest BCUT2D eigenvalue weighted by Crippen LogP contribution is 2.16. The molecule has 0 aliphatic heterocycles. The van der Waals surface area contributed by atoms with Crippen LogP contribution in [-0.2, 0) is 13.6 Å². The molecule has 1 aromatic heterocycles. The van der Waals surface area contributed by atoms with Crippen LogP contribution >= 0.6 is 11.6 Å². The number of H-pyrrole nitrogens is 1. The zero-order valence-electron chi connectivity index (χ0n) is 11.9. The fourth-order valence-electron chi connectivity index (χ4n) is 1.91. The molecule has 1 aromatic carbocycles. The van der Waals surface area contributed by atoms with E-state index >= 15 is 0 Å². The highest BCUT2D eigenvalue weighted by atomic mass is 35.5. The second kappa shape index (κ2) is 6.15. The van der Waals surface area contributed by atoms with E-state index in [1.807, 2.05) is 4.98 Å². The second-order valence-corrected chi connectivity index (χ2v) is 5.25. The van der Waals surface area contributed by atoms with Gasteiger partial charge in [-0.1, -0.05) is 11.6 Å². The molecular weight excluding hydrogens is 313 g/mol. The summed E-state index contributed by atoms with van der Waals surface area (Å²) >= 11 is 5.80. The molecule has 1 amide bonds. The van der Waals surface area contributed by atoms with Gasteiger partial charge in [0.25, 0.3) is 11.5 Å². The van der Waals surface area contributed by atoms with Gasteiger partial charge < -0.3 is 9.47 Å². The average molecular weight is 326 g/mol. The van der Waals surface area contributed by atoms with E-state index in [0.717, 1.165) is 10.8 Å². The van der Waals surface area contributed by atoms with Gasteiger partial charge in [-0.3, -0.25) is 14.6 Å². The SMILES string of the molecule is CN(Cc1cc(Cl)ccc1F)C(=O)c1cn(C)c(=O)[nH]c1=O. The van der Waals surface area contributed by atoms with Gasteiger partial charge in [-0.2, -0.15) is 0 Å². The third-order valence-electron chi connectivity index (χ3n) is 3.10. The van der Waals surface area contributed by atoms with Gasteiger partial charge in [0.05, 0.1) is 0 Å². The summed E-state index contributed by atoms with van der Waals surface area (Å²) in [4.78, 5) is 38.4. The Balaban J connectivity index is 2.30. The van der Waals surface area contributed by atoms with Crippen molar-refractivity contribution in [3.63, 3.8) is 0 Å². The summed E-state index contributed by atoms with van der Waals surface area (Å²) in [6.07, 6.45) is 1.15. The summed E-state index contributed by atoms with van der Waals surface area (Å²) < 4.78 is 14.8. The summed E-state index contributed by atoms with van der Waals surface area (Å²) in [5.41, 5.74) is -1.38. The largest absolute Gasteiger partial charge is 0.337 e. The molecule has 2 rings (SSSR count). The Labute approximate surface area is 129 Å². The third-order valence-corrected chi connectivity index (χ3v) is 3.34. The second-order valence-electron chi connectivity index (χ2n) is 4.81. The Bertz CT molecular complexity index is 844. The Kier molecular flexibility index (Phi) is 4.46. The highest BCUT2D eigenvalue weighted by molar-refractivity contribution is 6.30. The van der Waals surface area contributed by atoms with E-state index in [9.17, 15) is 18.8 Å². The Hall–Kier alpha value is -2.41. The summed E-state index contributed by atoms with van der Waals surface area (Å²) in [5.74, 6) is -1.13. The van der Waals surface area contributed by atoms with Crippen LogP contribution in [0.25, 0.3) is 0 Å². The van der Waals surface area contributed by atoms with E-state index in [2.05, 4.69) is 0 Å². The van der Waals surface area contributed by atoms with Crippen LogP contribution in [0.15, 0.2) is 34.0 Å². The Morgan fingerprint density at radius 3 is 2.77 bits per heavy atom. The van der Waals surface area contributed by atoms with E-state index in [1.165, 1.54) is 37.2 Å². The number of nitrogens with zero attached hydrogens (tertiary/aromatic N) is 2. The molecule has 0 bridgehead atoms. The molecule has 0 fully saturated rings.